The molecule has 0 saturated carbocycles. The number of ether oxygens (including phenoxy) is 2. The predicted octanol–water partition coefficient (Wildman–Crippen LogP) is 2.69. The number of likely N-dealkylation sites (N-methyl/N-ethyl adjacent to an activating group) is 1. The number of nitrogens with zero attached hydrogens (tertiary/aromatic N) is 1. The maximum Gasteiger partial charge on any atom is 0.243 e. The van der Waals surface area contributed by atoms with Gasteiger partial charge in [0, 0.05) is 13.1 Å². The fourth-order valence-corrected chi connectivity index (χ4v) is 4.82. The Morgan fingerprint density at radius 2 is 1.77 bits per heavy atom. The summed E-state index contributed by atoms with van der Waals surface area (Å²) in [6.45, 7) is 1.61. The lowest BCUT2D eigenvalue weighted by Gasteiger charge is -2.20. The van der Waals surface area contributed by atoms with Crippen molar-refractivity contribution >= 4 is 15.9 Å². The van der Waals surface area contributed by atoms with Gasteiger partial charge in [-0.1, -0.05) is 18.2 Å². The van der Waals surface area contributed by atoms with Gasteiger partial charge in [0.25, 0.3) is 0 Å². The van der Waals surface area contributed by atoms with E-state index in [1.807, 2.05) is 13.0 Å². The average molecular weight is 433 g/mol. The maximum atomic E-state index is 12.9. The minimum atomic E-state index is -3.86. The van der Waals surface area contributed by atoms with Gasteiger partial charge >= 0.3 is 0 Å². The second kappa shape index (κ2) is 9.06. The number of aryl methyl sites for hydroxylation is 2. The number of fused-ring (bicyclic) bond motifs is 1. The molecule has 162 valence electrons. The first-order valence-electron chi connectivity index (χ1n) is 9.85. The molecular weight excluding hydrogens is 404 g/mol. The van der Waals surface area contributed by atoms with Gasteiger partial charge in [0.1, 0.15) is 0 Å². The molecule has 8 heteroatoms. The first kappa shape index (κ1) is 22.1. The van der Waals surface area contributed by atoms with Gasteiger partial charge in [-0.2, -0.15) is 4.31 Å². The number of hydrogen-bond acceptors (Lipinski definition) is 5. The van der Waals surface area contributed by atoms with Crippen molar-refractivity contribution in [3.8, 4) is 11.5 Å². The van der Waals surface area contributed by atoms with E-state index in [9.17, 15) is 13.2 Å². The normalized spacial score (nSPS) is 14.3. The molecule has 1 aliphatic carbocycles. The zero-order valence-electron chi connectivity index (χ0n) is 17.8. The second-order valence-corrected chi connectivity index (χ2v) is 9.49. The lowest BCUT2D eigenvalue weighted by atomic mass is 10.0. The van der Waals surface area contributed by atoms with Crippen LogP contribution in [0.25, 0.3) is 0 Å². The van der Waals surface area contributed by atoms with Crippen molar-refractivity contribution in [3.63, 3.8) is 0 Å². The van der Waals surface area contributed by atoms with Crippen LogP contribution in [0.5, 0.6) is 11.5 Å². The van der Waals surface area contributed by atoms with Crippen LogP contribution in [0.2, 0.25) is 0 Å². The molecule has 0 heterocycles. The minimum absolute atomic E-state index is 0.0297. The van der Waals surface area contributed by atoms with Crippen LogP contribution in [0.1, 0.15) is 36.1 Å². The standard InChI is InChI=1S/C22H28N2O5S/c1-15(17-9-8-16-6-5-7-18(16)12-17)23-22(25)14-24(2)30(26,27)19-10-11-20(28-3)21(13-19)29-4/h8-13,15H,5-7,14H2,1-4H3,(H,23,25)/t15-/m1/s1. The SMILES string of the molecule is COc1ccc(S(=O)(=O)N(C)CC(=O)N[C@H](C)c2ccc3c(c2)CCC3)cc1OC. The monoisotopic (exact) mass is 432 g/mol. The number of carbonyl (C=O) groups is 1. The largest absolute Gasteiger partial charge is 0.493 e. The number of sulfonamides is 1. The van der Waals surface area contributed by atoms with Crippen LogP contribution in [-0.4, -0.2) is 46.4 Å². The molecule has 0 unspecified atom stereocenters. The summed E-state index contributed by atoms with van der Waals surface area (Å²) in [5.74, 6) is 0.372. The third-order valence-electron chi connectivity index (χ3n) is 5.43. The summed E-state index contributed by atoms with van der Waals surface area (Å²) < 4.78 is 37.1. The highest BCUT2D eigenvalue weighted by Gasteiger charge is 2.25. The Balaban J connectivity index is 1.67. The average Bonchev–Trinajstić information content (AvgIpc) is 3.20. The van der Waals surface area contributed by atoms with Crippen LogP contribution in [0.3, 0.4) is 0 Å². The van der Waals surface area contributed by atoms with Crippen LogP contribution in [-0.2, 0) is 27.7 Å². The fourth-order valence-electron chi connectivity index (χ4n) is 3.68. The van der Waals surface area contributed by atoms with Crippen LogP contribution in [0, 0.1) is 0 Å². The molecule has 2 aromatic rings. The molecule has 7 nitrogen and oxygen atoms in total. The van der Waals surface area contributed by atoms with Gasteiger partial charge in [-0.25, -0.2) is 8.42 Å². The fraction of sp³-hybridized carbons (Fsp3) is 0.409. The molecule has 1 aliphatic rings. The van der Waals surface area contributed by atoms with Crippen LogP contribution in [0.4, 0.5) is 0 Å². The van der Waals surface area contributed by atoms with Gasteiger partial charge in [0.05, 0.1) is 31.7 Å². The van der Waals surface area contributed by atoms with Crippen molar-refractivity contribution in [1.82, 2.24) is 9.62 Å². The lowest BCUT2D eigenvalue weighted by Crippen LogP contribution is -2.39. The quantitative estimate of drug-likeness (QED) is 0.693. The summed E-state index contributed by atoms with van der Waals surface area (Å²) in [6, 6.07) is 10.4. The number of nitrogens with one attached hydrogen (secondary N) is 1. The number of carbonyl (C=O) groups excluding carboxylic acids is 1. The van der Waals surface area contributed by atoms with Crippen molar-refractivity contribution in [2.45, 2.75) is 37.1 Å². The third kappa shape index (κ3) is 4.60. The molecule has 1 N–H and O–H groups in total. The predicted molar refractivity (Wildman–Crippen MR) is 114 cm³/mol. The molecule has 0 aromatic heterocycles. The number of benzene rings is 2. The van der Waals surface area contributed by atoms with E-state index in [-0.39, 0.29) is 23.4 Å². The molecule has 0 bridgehead atoms. The smallest absolute Gasteiger partial charge is 0.243 e. The van der Waals surface area contributed by atoms with Crippen LogP contribution in [0.15, 0.2) is 41.3 Å². The Hall–Kier alpha value is -2.58. The Morgan fingerprint density at radius 1 is 1.07 bits per heavy atom. The van der Waals surface area contributed by atoms with E-state index in [2.05, 4.69) is 17.4 Å². The zero-order chi connectivity index (χ0) is 21.9. The van der Waals surface area contributed by atoms with Crippen molar-refractivity contribution in [3.05, 3.63) is 53.1 Å². The number of amides is 1. The summed E-state index contributed by atoms with van der Waals surface area (Å²) in [4.78, 5) is 12.5. The zero-order valence-corrected chi connectivity index (χ0v) is 18.6. The van der Waals surface area contributed by atoms with Crippen molar-refractivity contribution < 1.29 is 22.7 Å². The molecule has 0 saturated heterocycles. The second-order valence-electron chi connectivity index (χ2n) is 7.45. The first-order chi connectivity index (χ1) is 14.3. The van der Waals surface area contributed by atoms with E-state index in [0.29, 0.717) is 11.5 Å². The van der Waals surface area contributed by atoms with Gasteiger partial charge in [-0.05, 0) is 55.0 Å². The van der Waals surface area contributed by atoms with Gasteiger partial charge in [-0.15, -0.1) is 0 Å². The number of hydrogen-bond donors (Lipinski definition) is 1. The summed E-state index contributed by atoms with van der Waals surface area (Å²) in [5.41, 5.74) is 3.73. The molecule has 0 radical (unpaired) electrons. The van der Waals surface area contributed by atoms with E-state index in [1.165, 1.54) is 57.0 Å². The van der Waals surface area contributed by atoms with Gasteiger partial charge in [-0.3, -0.25) is 4.79 Å². The Bertz CT molecular complexity index is 1040. The number of methoxy groups -OCH3 is 2. The van der Waals surface area contributed by atoms with E-state index in [1.54, 1.807) is 0 Å². The van der Waals surface area contributed by atoms with E-state index >= 15 is 0 Å². The maximum absolute atomic E-state index is 12.9. The molecule has 3 rings (SSSR count). The highest BCUT2D eigenvalue weighted by molar-refractivity contribution is 7.89. The summed E-state index contributed by atoms with van der Waals surface area (Å²) in [5, 5.41) is 2.89. The van der Waals surface area contributed by atoms with Gasteiger partial charge in [0.15, 0.2) is 11.5 Å². The number of rotatable bonds is 8. The van der Waals surface area contributed by atoms with Crippen molar-refractivity contribution in [2.24, 2.45) is 0 Å². The Kier molecular flexibility index (Phi) is 6.67. The van der Waals surface area contributed by atoms with E-state index in [0.717, 1.165) is 22.7 Å². The molecule has 1 atom stereocenters. The summed E-state index contributed by atoms with van der Waals surface area (Å²) >= 11 is 0. The van der Waals surface area contributed by atoms with Crippen molar-refractivity contribution in [2.75, 3.05) is 27.8 Å². The lowest BCUT2D eigenvalue weighted by molar-refractivity contribution is -0.121. The van der Waals surface area contributed by atoms with E-state index < -0.39 is 10.0 Å². The molecule has 1 amide bonds. The summed E-state index contributed by atoms with van der Waals surface area (Å²) in [7, 11) is 0.431. The van der Waals surface area contributed by atoms with Gasteiger partial charge < -0.3 is 14.8 Å². The molecule has 30 heavy (non-hydrogen) atoms. The Morgan fingerprint density at radius 3 is 2.47 bits per heavy atom. The van der Waals surface area contributed by atoms with Crippen LogP contribution < -0.4 is 14.8 Å². The molecule has 0 fully saturated rings. The topological polar surface area (TPSA) is 84.9 Å². The van der Waals surface area contributed by atoms with E-state index in [4.69, 9.17) is 9.47 Å². The minimum Gasteiger partial charge on any atom is -0.493 e. The third-order valence-corrected chi connectivity index (χ3v) is 7.23. The molecule has 0 spiro atoms. The van der Waals surface area contributed by atoms with Crippen LogP contribution >= 0.6 is 0 Å². The van der Waals surface area contributed by atoms with Gasteiger partial charge in [0.2, 0.25) is 15.9 Å². The molecular formula is C22H28N2O5S. The molecule has 2 aromatic carbocycles. The highest BCUT2D eigenvalue weighted by Crippen LogP contribution is 2.30. The summed E-state index contributed by atoms with van der Waals surface area (Å²) in [6.07, 6.45) is 3.34. The van der Waals surface area contributed by atoms with Crippen molar-refractivity contribution in [1.29, 1.82) is 0 Å². The molecule has 0 aliphatic heterocycles. The highest BCUT2D eigenvalue weighted by atomic mass is 32.2. The first-order valence-corrected chi connectivity index (χ1v) is 11.3. The Labute approximate surface area is 178 Å².